The van der Waals surface area contributed by atoms with Crippen LogP contribution in [0.1, 0.15) is 51.0 Å². The smallest absolute Gasteiger partial charge is 0.337 e. The van der Waals surface area contributed by atoms with Crippen molar-refractivity contribution in [1.82, 2.24) is 4.57 Å². The van der Waals surface area contributed by atoms with Gasteiger partial charge in [-0.25, -0.2) is 4.79 Å². The monoisotopic (exact) mass is 434 g/mol. The summed E-state index contributed by atoms with van der Waals surface area (Å²) in [6.45, 7) is 4.80. The highest BCUT2D eigenvalue weighted by Gasteiger charge is 2.25. The molecular weight excluding hydrogens is 408 g/mol. The van der Waals surface area contributed by atoms with Gasteiger partial charge in [0.25, 0.3) is 5.91 Å². The zero-order valence-electron chi connectivity index (χ0n) is 18.4. The third-order valence-corrected chi connectivity index (χ3v) is 5.74. The fourth-order valence-corrected chi connectivity index (χ4v) is 4.23. The Balaban J connectivity index is 1.82. The molecule has 7 heteroatoms. The lowest BCUT2D eigenvalue weighted by Crippen LogP contribution is -2.13. The summed E-state index contributed by atoms with van der Waals surface area (Å²) in [5, 5.41) is 0. The van der Waals surface area contributed by atoms with E-state index in [2.05, 4.69) is 11.5 Å². The van der Waals surface area contributed by atoms with Crippen molar-refractivity contribution in [3.63, 3.8) is 0 Å². The van der Waals surface area contributed by atoms with Gasteiger partial charge in [0.2, 0.25) is 6.79 Å². The lowest BCUT2D eigenvalue weighted by molar-refractivity contribution is 0.0600. The van der Waals surface area contributed by atoms with Crippen LogP contribution in [0.3, 0.4) is 0 Å². The van der Waals surface area contributed by atoms with Crippen LogP contribution in [0.2, 0.25) is 0 Å². The van der Waals surface area contributed by atoms with E-state index in [1.807, 2.05) is 37.3 Å². The standard InChI is InChI=1S/C25H26N2O5/c1-4-5-19-23(17-7-9-18(10-8-17)25(29)30-3)22(24(26)28)15(2)27(19)13-16-6-11-20-21(12-16)32-14-31-20/h6-12H,4-5,13-14H2,1-3H3,(H2,26,28). The average Bonchev–Trinajstić information content (AvgIpc) is 3.36. The Labute approximate surface area is 186 Å². The van der Waals surface area contributed by atoms with Crippen molar-refractivity contribution in [3.8, 4) is 22.6 Å². The van der Waals surface area contributed by atoms with Crippen LogP contribution in [0.4, 0.5) is 0 Å². The van der Waals surface area contributed by atoms with Crippen LogP contribution >= 0.6 is 0 Å². The zero-order valence-corrected chi connectivity index (χ0v) is 18.4. The van der Waals surface area contributed by atoms with Crippen LogP contribution in [0.15, 0.2) is 42.5 Å². The van der Waals surface area contributed by atoms with Crippen LogP contribution in [0.5, 0.6) is 11.5 Å². The maximum absolute atomic E-state index is 12.5. The number of nitrogens with zero attached hydrogens (tertiary/aromatic N) is 1. The molecule has 7 nitrogen and oxygen atoms in total. The molecule has 0 atom stereocenters. The van der Waals surface area contributed by atoms with E-state index in [0.717, 1.165) is 52.4 Å². The molecule has 1 amide bonds. The minimum atomic E-state index is -0.476. The van der Waals surface area contributed by atoms with Crippen LogP contribution in [-0.4, -0.2) is 30.3 Å². The maximum atomic E-state index is 12.5. The lowest BCUT2D eigenvalue weighted by Gasteiger charge is -2.13. The molecule has 0 saturated carbocycles. The molecule has 0 aliphatic carbocycles. The van der Waals surface area contributed by atoms with Gasteiger partial charge in [-0.2, -0.15) is 0 Å². The van der Waals surface area contributed by atoms with Crippen LogP contribution in [0, 0.1) is 6.92 Å². The molecule has 166 valence electrons. The van der Waals surface area contributed by atoms with Gasteiger partial charge >= 0.3 is 5.97 Å². The van der Waals surface area contributed by atoms with E-state index in [4.69, 9.17) is 19.9 Å². The van der Waals surface area contributed by atoms with Gasteiger partial charge in [0.1, 0.15) is 0 Å². The Morgan fingerprint density at radius 2 is 1.81 bits per heavy atom. The summed E-state index contributed by atoms with van der Waals surface area (Å²) in [6, 6.07) is 12.9. The van der Waals surface area contributed by atoms with E-state index in [-0.39, 0.29) is 6.79 Å². The number of rotatable bonds is 7. The van der Waals surface area contributed by atoms with Gasteiger partial charge < -0.3 is 24.5 Å². The van der Waals surface area contributed by atoms with E-state index < -0.39 is 11.9 Å². The first kappa shape index (κ1) is 21.5. The predicted molar refractivity (Wildman–Crippen MR) is 120 cm³/mol. The van der Waals surface area contributed by atoms with E-state index in [1.165, 1.54) is 7.11 Å². The summed E-state index contributed by atoms with van der Waals surface area (Å²) in [5.74, 6) is 0.572. The average molecular weight is 434 g/mol. The molecule has 4 rings (SSSR count). The van der Waals surface area contributed by atoms with Gasteiger partial charge in [-0.3, -0.25) is 4.79 Å². The Kier molecular flexibility index (Phi) is 5.90. The summed E-state index contributed by atoms with van der Waals surface area (Å²) in [7, 11) is 1.35. The molecule has 1 aromatic heterocycles. The minimum absolute atomic E-state index is 0.222. The Hall–Kier alpha value is -3.74. The van der Waals surface area contributed by atoms with Crippen molar-refractivity contribution < 1.29 is 23.8 Å². The normalized spacial score (nSPS) is 12.1. The van der Waals surface area contributed by atoms with Gasteiger partial charge in [-0.1, -0.05) is 31.5 Å². The van der Waals surface area contributed by atoms with E-state index in [9.17, 15) is 9.59 Å². The van der Waals surface area contributed by atoms with Gasteiger partial charge in [-0.05, 0) is 48.7 Å². The van der Waals surface area contributed by atoms with Crippen molar-refractivity contribution in [2.45, 2.75) is 33.2 Å². The number of esters is 1. The predicted octanol–water partition coefficient (Wildman–Crippen LogP) is 4.08. The molecule has 2 heterocycles. The molecule has 2 aromatic carbocycles. The topological polar surface area (TPSA) is 92.8 Å². The van der Waals surface area contributed by atoms with Crippen LogP contribution in [0.25, 0.3) is 11.1 Å². The highest BCUT2D eigenvalue weighted by Crippen LogP contribution is 2.36. The third-order valence-electron chi connectivity index (χ3n) is 5.74. The van der Waals surface area contributed by atoms with Gasteiger partial charge in [0.05, 0.1) is 18.2 Å². The van der Waals surface area contributed by atoms with Crippen molar-refractivity contribution in [2.24, 2.45) is 5.73 Å². The van der Waals surface area contributed by atoms with E-state index >= 15 is 0 Å². The van der Waals surface area contributed by atoms with Crippen LogP contribution < -0.4 is 15.2 Å². The summed E-state index contributed by atoms with van der Waals surface area (Å²) in [6.07, 6.45) is 1.67. The molecule has 0 bridgehead atoms. The molecule has 0 saturated heterocycles. The molecule has 0 unspecified atom stereocenters. The molecular formula is C25H26N2O5. The summed E-state index contributed by atoms with van der Waals surface area (Å²) >= 11 is 0. The first-order valence-electron chi connectivity index (χ1n) is 10.5. The molecule has 1 aliphatic rings. The van der Waals surface area contributed by atoms with Crippen molar-refractivity contribution in [2.75, 3.05) is 13.9 Å². The van der Waals surface area contributed by atoms with E-state index in [0.29, 0.717) is 17.7 Å². The number of benzene rings is 2. The largest absolute Gasteiger partial charge is 0.465 e. The summed E-state index contributed by atoms with van der Waals surface area (Å²) in [4.78, 5) is 24.3. The number of nitrogens with two attached hydrogens (primary N) is 1. The summed E-state index contributed by atoms with van der Waals surface area (Å²) < 4.78 is 17.9. The second kappa shape index (κ2) is 8.78. The Morgan fingerprint density at radius 3 is 2.47 bits per heavy atom. The molecule has 1 aliphatic heterocycles. The van der Waals surface area contributed by atoms with Crippen molar-refractivity contribution in [1.29, 1.82) is 0 Å². The third kappa shape index (κ3) is 3.82. The van der Waals surface area contributed by atoms with Crippen molar-refractivity contribution in [3.05, 3.63) is 70.5 Å². The molecule has 2 N–H and O–H groups in total. The van der Waals surface area contributed by atoms with Gasteiger partial charge in [0, 0.05) is 23.5 Å². The maximum Gasteiger partial charge on any atom is 0.337 e. The number of ether oxygens (including phenoxy) is 3. The molecule has 3 aromatic rings. The summed E-state index contributed by atoms with van der Waals surface area (Å²) in [5.41, 5.74) is 11.3. The second-order valence-corrected chi connectivity index (χ2v) is 7.74. The number of carbonyl (C=O) groups is 2. The first-order valence-corrected chi connectivity index (χ1v) is 10.5. The molecule has 0 spiro atoms. The number of aromatic nitrogens is 1. The number of carbonyl (C=O) groups excluding carboxylic acids is 2. The fourth-order valence-electron chi connectivity index (χ4n) is 4.23. The zero-order chi connectivity index (χ0) is 22.8. The number of hydrogen-bond acceptors (Lipinski definition) is 5. The number of hydrogen-bond donors (Lipinski definition) is 1. The molecule has 0 fully saturated rings. The fraction of sp³-hybridized carbons (Fsp3) is 0.280. The minimum Gasteiger partial charge on any atom is -0.465 e. The first-order chi connectivity index (χ1) is 15.4. The van der Waals surface area contributed by atoms with Gasteiger partial charge in [0.15, 0.2) is 11.5 Å². The highest BCUT2D eigenvalue weighted by atomic mass is 16.7. The Bertz CT molecular complexity index is 1180. The number of primary amides is 1. The molecule has 0 radical (unpaired) electrons. The van der Waals surface area contributed by atoms with Gasteiger partial charge in [-0.15, -0.1) is 0 Å². The quantitative estimate of drug-likeness (QED) is 0.566. The molecule has 32 heavy (non-hydrogen) atoms. The number of fused-ring (bicyclic) bond motifs is 1. The lowest BCUT2D eigenvalue weighted by atomic mass is 9.97. The SMILES string of the molecule is CCCc1c(-c2ccc(C(=O)OC)cc2)c(C(N)=O)c(C)n1Cc1ccc2c(c1)OCO2. The van der Waals surface area contributed by atoms with Crippen molar-refractivity contribution >= 4 is 11.9 Å². The van der Waals surface area contributed by atoms with E-state index in [1.54, 1.807) is 12.1 Å². The Morgan fingerprint density at radius 1 is 1.09 bits per heavy atom. The number of methoxy groups -OCH3 is 1. The highest BCUT2D eigenvalue weighted by molar-refractivity contribution is 6.02. The number of amides is 1. The van der Waals surface area contributed by atoms with Crippen LogP contribution in [-0.2, 0) is 17.7 Å². The second-order valence-electron chi connectivity index (χ2n) is 7.74.